The van der Waals surface area contributed by atoms with Crippen molar-refractivity contribution in [3.8, 4) is 0 Å². The Morgan fingerprint density at radius 1 is 1.00 bits per heavy atom. The van der Waals surface area contributed by atoms with E-state index in [1.807, 2.05) is 32.1 Å². The molecule has 0 N–H and O–H groups in total. The van der Waals surface area contributed by atoms with Crippen LogP contribution < -0.4 is 0 Å². The van der Waals surface area contributed by atoms with Gasteiger partial charge in [0.25, 0.3) is 0 Å². The number of fused-ring (bicyclic) bond motifs is 1. The van der Waals surface area contributed by atoms with Crippen LogP contribution in [0.5, 0.6) is 0 Å². The summed E-state index contributed by atoms with van der Waals surface area (Å²) in [5, 5.41) is 0. The number of hydrogen-bond donors (Lipinski definition) is 0. The van der Waals surface area contributed by atoms with Crippen LogP contribution in [0.3, 0.4) is 0 Å². The lowest BCUT2D eigenvalue weighted by Crippen LogP contribution is -2.23. The summed E-state index contributed by atoms with van der Waals surface area (Å²) in [7, 11) is 0. The summed E-state index contributed by atoms with van der Waals surface area (Å²) >= 11 is 0. The van der Waals surface area contributed by atoms with Gasteiger partial charge in [0.05, 0.1) is 0 Å². The Morgan fingerprint density at radius 2 is 1.60 bits per heavy atom. The minimum atomic E-state index is 0.0137. The zero-order valence-corrected chi connectivity index (χ0v) is 15.9. The minimum absolute atomic E-state index is 0.0137. The quantitative estimate of drug-likeness (QED) is 0.561. The second-order valence-corrected chi connectivity index (χ2v) is 6.28. The molecule has 0 heteroatoms. The summed E-state index contributed by atoms with van der Waals surface area (Å²) in [5.74, 6) is 0. The number of rotatable bonds is 4. The Hall–Kier alpha value is -2.34. The van der Waals surface area contributed by atoms with Crippen molar-refractivity contribution in [3.05, 3.63) is 108 Å². The molecule has 130 valence electrons. The average molecular weight is 331 g/mol. The van der Waals surface area contributed by atoms with Crippen molar-refractivity contribution >= 4 is 0 Å². The second-order valence-electron chi connectivity index (χ2n) is 6.28. The van der Waals surface area contributed by atoms with E-state index < -0.39 is 0 Å². The van der Waals surface area contributed by atoms with Crippen LogP contribution in [0.15, 0.2) is 96.7 Å². The molecule has 0 radical (unpaired) electrons. The molecule has 0 aliphatic heterocycles. The molecule has 25 heavy (non-hydrogen) atoms. The number of allylic oxidation sites excluding steroid dienone is 9. The lowest BCUT2D eigenvalue weighted by molar-refractivity contribution is 0.487. The standard InChI is InChI=1S/C23H24.C2H6/c1-5-11-20-19(7-3)21(8-4)23(22(20)12-6-2)15-17-13-9-10-14-18(17)16-23;1-2/h5,7-14H,1,3-4,6,15-16H2,2H3;1-2H3/b20-11-,22-12+;. The van der Waals surface area contributed by atoms with Gasteiger partial charge in [-0.05, 0) is 52.7 Å². The summed E-state index contributed by atoms with van der Waals surface area (Å²) < 4.78 is 0. The van der Waals surface area contributed by atoms with Crippen LogP contribution in [0.1, 0.15) is 38.3 Å². The first-order valence-electron chi connectivity index (χ1n) is 9.32. The van der Waals surface area contributed by atoms with Gasteiger partial charge in [-0.25, -0.2) is 0 Å². The molecular formula is C25H30. The molecule has 0 fully saturated rings. The molecule has 1 aromatic carbocycles. The van der Waals surface area contributed by atoms with Crippen molar-refractivity contribution < 1.29 is 0 Å². The van der Waals surface area contributed by atoms with Gasteiger partial charge in [-0.3, -0.25) is 0 Å². The van der Waals surface area contributed by atoms with E-state index in [9.17, 15) is 0 Å². The van der Waals surface area contributed by atoms with Crippen molar-refractivity contribution in [1.29, 1.82) is 0 Å². The highest BCUT2D eigenvalue weighted by molar-refractivity contribution is 5.70. The van der Waals surface area contributed by atoms with E-state index in [1.165, 1.54) is 33.4 Å². The molecule has 2 aliphatic carbocycles. The van der Waals surface area contributed by atoms with E-state index in [0.29, 0.717) is 0 Å². The Balaban J connectivity index is 0.00000109. The Morgan fingerprint density at radius 3 is 2.04 bits per heavy atom. The largest absolute Gasteiger partial charge is 0.0990 e. The maximum Gasteiger partial charge on any atom is 0.0292 e. The van der Waals surface area contributed by atoms with Gasteiger partial charge in [0.15, 0.2) is 0 Å². The van der Waals surface area contributed by atoms with Crippen LogP contribution in [0.4, 0.5) is 0 Å². The third-order valence-electron chi connectivity index (χ3n) is 5.11. The van der Waals surface area contributed by atoms with E-state index >= 15 is 0 Å². The van der Waals surface area contributed by atoms with Crippen molar-refractivity contribution in [1.82, 2.24) is 0 Å². The Labute approximate surface area is 153 Å². The molecule has 1 aromatic rings. The van der Waals surface area contributed by atoms with Crippen LogP contribution in [0, 0.1) is 5.41 Å². The van der Waals surface area contributed by atoms with Gasteiger partial charge in [-0.2, -0.15) is 0 Å². The molecule has 0 aromatic heterocycles. The predicted molar refractivity (Wildman–Crippen MR) is 112 cm³/mol. The smallest absolute Gasteiger partial charge is 0.0292 e. The molecule has 0 bridgehead atoms. The normalized spacial score (nSPS) is 20.4. The molecular weight excluding hydrogens is 300 g/mol. The Kier molecular flexibility index (Phi) is 6.20. The summed E-state index contributed by atoms with van der Waals surface area (Å²) in [5.41, 5.74) is 8.14. The van der Waals surface area contributed by atoms with Gasteiger partial charge in [-0.1, -0.05) is 95.2 Å². The lowest BCUT2D eigenvalue weighted by atomic mass is 9.73. The topological polar surface area (TPSA) is 0 Å². The maximum absolute atomic E-state index is 4.13. The van der Waals surface area contributed by atoms with Crippen LogP contribution in [-0.2, 0) is 12.8 Å². The van der Waals surface area contributed by atoms with E-state index in [1.54, 1.807) is 0 Å². The summed E-state index contributed by atoms with van der Waals surface area (Å²) in [6, 6.07) is 8.80. The van der Waals surface area contributed by atoms with Gasteiger partial charge in [-0.15, -0.1) is 0 Å². The Bertz CT molecular complexity index is 740. The lowest BCUT2D eigenvalue weighted by Gasteiger charge is -2.28. The molecule has 0 atom stereocenters. The number of benzene rings is 1. The van der Waals surface area contributed by atoms with E-state index in [-0.39, 0.29) is 5.41 Å². The molecule has 0 amide bonds. The van der Waals surface area contributed by atoms with Crippen molar-refractivity contribution in [3.63, 3.8) is 0 Å². The fourth-order valence-electron chi connectivity index (χ4n) is 4.28. The van der Waals surface area contributed by atoms with Gasteiger partial charge in [0, 0.05) is 5.41 Å². The first-order valence-corrected chi connectivity index (χ1v) is 9.32. The highest BCUT2D eigenvalue weighted by Gasteiger charge is 2.48. The second kappa shape index (κ2) is 8.16. The zero-order chi connectivity index (χ0) is 18.4. The van der Waals surface area contributed by atoms with E-state index in [4.69, 9.17) is 0 Å². The fraction of sp³-hybridized carbons (Fsp3) is 0.280. The highest BCUT2D eigenvalue weighted by Crippen LogP contribution is 2.58. The molecule has 0 heterocycles. The first kappa shape index (κ1) is 19.0. The van der Waals surface area contributed by atoms with Crippen LogP contribution in [0.25, 0.3) is 0 Å². The molecule has 0 nitrogen and oxygen atoms in total. The highest BCUT2D eigenvalue weighted by atomic mass is 14.5. The predicted octanol–water partition coefficient (Wildman–Crippen LogP) is 6.93. The maximum atomic E-state index is 4.13. The molecule has 2 aliphatic rings. The van der Waals surface area contributed by atoms with Gasteiger partial charge in [0.1, 0.15) is 0 Å². The molecule has 0 unspecified atom stereocenters. The number of hydrogen-bond acceptors (Lipinski definition) is 0. The summed E-state index contributed by atoms with van der Waals surface area (Å²) in [6.45, 7) is 18.3. The summed E-state index contributed by atoms with van der Waals surface area (Å²) in [4.78, 5) is 0. The average Bonchev–Trinajstić information content (AvgIpc) is 3.14. The van der Waals surface area contributed by atoms with Crippen molar-refractivity contribution in [2.75, 3.05) is 0 Å². The van der Waals surface area contributed by atoms with Crippen LogP contribution in [0.2, 0.25) is 0 Å². The molecule has 0 saturated carbocycles. The third-order valence-corrected chi connectivity index (χ3v) is 5.11. The van der Waals surface area contributed by atoms with Crippen molar-refractivity contribution in [2.45, 2.75) is 40.0 Å². The first-order chi connectivity index (χ1) is 12.2. The van der Waals surface area contributed by atoms with Gasteiger partial charge in [0.2, 0.25) is 0 Å². The zero-order valence-electron chi connectivity index (χ0n) is 15.9. The van der Waals surface area contributed by atoms with Crippen LogP contribution >= 0.6 is 0 Å². The fourth-order valence-corrected chi connectivity index (χ4v) is 4.28. The monoisotopic (exact) mass is 330 g/mol. The van der Waals surface area contributed by atoms with E-state index in [0.717, 1.165) is 19.3 Å². The van der Waals surface area contributed by atoms with Gasteiger partial charge >= 0.3 is 0 Å². The SMILES string of the molecule is C=C/C=C1/C(C=C)=C(C=C)C2(Cc3ccccc3C2)/C1=C/CC.CC. The third kappa shape index (κ3) is 3.02. The summed E-state index contributed by atoms with van der Waals surface area (Å²) in [6.07, 6.45) is 13.5. The molecule has 0 saturated heterocycles. The van der Waals surface area contributed by atoms with Crippen LogP contribution in [-0.4, -0.2) is 0 Å². The molecule has 3 rings (SSSR count). The molecule has 1 spiro atoms. The van der Waals surface area contributed by atoms with E-state index in [2.05, 4.69) is 63.1 Å². The van der Waals surface area contributed by atoms with Crippen molar-refractivity contribution in [2.24, 2.45) is 5.41 Å². The minimum Gasteiger partial charge on any atom is -0.0990 e. The van der Waals surface area contributed by atoms with Gasteiger partial charge < -0.3 is 0 Å².